The maximum absolute atomic E-state index is 13.3. The van der Waals surface area contributed by atoms with Crippen molar-refractivity contribution < 1.29 is 13.6 Å². The number of hydrogen-bond acceptors (Lipinski definition) is 4. The molecule has 1 aliphatic rings. The Bertz CT molecular complexity index is 875. The van der Waals surface area contributed by atoms with Gasteiger partial charge in [-0.25, -0.2) is 9.37 Å². The molecule has 0 saturated carbocycles. The highest BCUT2D eigenvalue weighted by Crippen LogP contribution is 2.33. The number of benzene rings is 1. The van der Waals surface area contributed by atoms with E-state index in [0.29, 0.717) is 24.6 Å². The molecule has 2 aromatic heterocycles. The first-order valence-electron chi connectivity index (χ1n) is 8.24. The second-order valence-electron chi connectivity index (χ2n) is 6.11. The molecule has 3 heterocycles. The van der Waals surface area contributed by atoms with Crippen LogP contribution in [-0.4, -0.2) is 22.3 Å². The minimum absolute atomic E-state index is 0.0300. The molecule has 1 saturated heterocycles. The number of rotatable bonds is 4. The first kappa shape index (κ1) is 16.0. The van der Waals surface area contributed by atoms with Gasteiger partial charge in [-0.2, -0.15) is 0 Å². The van der Waals surface area contributed by atoms with E-state index < -0.39 is 0 Å². The third-order valence-corrected chi connectivity index (χ3v) is 5.23. The lowest BCUT2D eigenvalue weighted by Gasteiger charge is -2.21. The van der Waals surface area contributed by atoms with Crippen LogP contribution in [0.3, 0.4) is 0 Å². The largest absolute Gasteiger partial charge is 0.443 e. The van der Waals surface area contributed by atoms with Crippen molar-refractivity contribution in [2.45, 2.75) is 25.3 Å². The highest BCUT2D eigenvalue weighted by molar-refractivity contribution is 7.12. The van der Waals surface area contributed by atoms with Crippen LogP contribution in [0, 0.1) is 5.82 Å². The SMILES string of the molecule is O=C(c1cccs1)N1CCCC1c1ncc(Cc2cccc(F)c2)o1. The second-order valence-corrected chi connectivity index (χ2v) is 7.05. The van der Waals surface area contributed by atoms with Gasteiger partial charge in [0.25, 0.3) is 5.91 Å². The van der Waals surface area contributed by atoms with Crippen molar-refractivity contribution >= 4 is 17.2 Å². The van der Waals surface area contributed by atoms with Gasteiger partial charge in [0.2, 0.25) is 5.89 Å². The molecule has 0 N–H and O–H groups in total. The standard InChI is InChI=1S/C19H17FN2O2S/c20-14-5-1-4-13(10-14)11-15-12-21-18(24-15)16-6-2-8-22(16)19(23)17-7-3-9-25-17/h1,3-5,7,9-10,12,16H,2,6,8,11H2. The molecule has 0 spiro atoms. The van der Waals surface area contributed by atoms with Gasteiger partial charge in [-0.3, -0.25) is 4.79 Å². The molecular formula is C19H17FN2O2S. The van der Waals surface area contributed by atoms with Crippen LogP contribution in [0.1, 0.15) is 45.8 Å². The lowest BCUT2D eigenvalue weighted by molar-refractivity contribution is 0.0719. The number of nitrogens with zero attached hydrogens (tertiary/aromatic N) is 2. The average Bonchev–Trinajstić information content (AvgIpc) is 3.35. The van der Waals surface area contributed by atoms with Crippen molar-refractivity contribution in [3.8, 4) is 0 Å². The van der Waals surface area contributed by atoms with Gasteiger partial charge in [0.05, 0.1) is 11.1 Å². The Morgan fingerprint density at radius 3 is 3.08 bits per heavy atom. The minimum Gasteiger partial charge on any atom is -0.443 e. The molecule has 25 heavy (non-hydrogen) atoms. The summed E-state index contributed by atoms with van der Waals surface area (Å²) < 4.78 is 19.2. The summed E-state index contributed by atoms with van der Waals surface area (Å²) in [5, 5.41) is 1.90. The van der Waals surface area contributed by atoms with E-state index in [9.17, 15) is 9.18 Å². The van der Waals surface area contributed by atoms with Crippen molar-refractivity contribution in [1.82, 2.24) is 9.88 Å². The van der Waals surface area contributed by atoms with Crippen LogP contribution in [-0.2, 0) is 6.42 Å². The third-order valence-electron chi connectivity index (χ3n) is 4.37. The number of oxazole rings is 1. The predicted octanol–water partition coefficient (Wildman–Crippen LogP) is 4.44. The zero-order valence-electron chi connectivity index (χ0n) is 13.5. The van der Waals surface area contributed by atoms with E-state index >= 15 is 0 Å². The Labute approximate surface area is 148 Å². The van der Waals surface area contributed by atoms with Gasteiger partial charge in [-0.1, -0.05) is 18.2 Å². The molecule has 1 atom stereocenters. The van der Waals surface area contributed by atoms with Crippen LogP contribution in [0.4, 0.5) is 4.39 Å². The maximum Gasteiger partial charge on any atom is 0.264 e. The summed E-state index contributed by atoms with van der Waals surface area (Å²) >= 11 is 1.45. The quantitative estimate of drug-likeness (QED) is 0.694. The van der Waals surface area contributed by atoms with Gasteiger partial charge in [0, 0.05) is 13.0 Å². The molecule has 0 aliphatic carbocycles. The molecule has 1 fully saturated rings. The molecule has 3 aromatic rings. The van der Waals surface area contributed by atoms with Crippen LogP contribution in [0.2, 0.25) is 0 Å². The highest BCUT2D eigenvalue weighted by Gasteiger charge is 2.34. The smallest absolute Gasteiger partial charge is 0.264 e. The molecule has 1 aliphatic heterocycles. The number of thiophene rings is 1. The molecular weight excluding hydrogens is 339 g/mol. The summed E-state index contributed by atoms with van der Waals surface area (Å²) in [6.45, 7) is 0.711. The fourth-order valence-electron chi connectivity index (χ4n) is 3.21. The number of likely N-dealkylation sites (tertiary alicyclic amines) is 1. The highest BCUT2D eigenvalue weighted by atomic mass is 32.1. The van der Waals surface area contributed by atoms with Crippen LogP contribution in [0.25, 0.3) is 0 Å². The summed E-state index contributed by atoms with van der Waals surface area (Å²) in [5.74, 6) is 1.01. The maximum atomic E-state index is 13.3. The Balaban J connectivity index is 1.52. The topological polar surface area (TPSA) is 46.3 Å². The molecule has 4 rings (SSSR count). The van der Waals surface area contributed by atoms with Gasteiger partial charge >= 0.3 is 0 Å². The van der Waals surface area contributed by atoms with Crippen molar-refractivity contribution in [1.29, 1.82) is 0 Å². The molecule has 0 radical (unpaired) electrons. The molecule has 6 heteroatoms. The molecule has 128 valence electrons. The van der Waals surface area contributed by atoms with Crippen LogP contribution in [0.5, 0.6) is 0 Å². The molecule has 1 aromatic carbocycles. The van der Waals surface area contributed by atoms with Gasteiger partial charge in [0.15, 0.2) is 0 Å². The number of amides is 1. The Morgan fingerprint density at radius 2 is 2.28 bits per heavy atom. The lowest BCUT2D eigenvalue weighted by atomic mass is 10.1. The number of halogens is 1. The Kier molecular flexibility index (Phi) is 4.36. The summed E-state index contributed by atoms with van der Waals surface area (Å²) in [6.07, 6.45) is 3.93. The second kappa shape index (κ2) is 6.80. The minimum atomic E-state index is -0.263. The first-order chi connectivity index (χ1) is 12.2. The van der Waals surface area contributed by atoms with E-state index in [1.807, 2.05) is 28.5 Å². The van der Waals surface area contributed by atoms with Gasteiger partial charge in [0.1, 0.15) is 17.6 Å². The Hall–Kier alpha value is -2.47. The van der Waals surface area contributed by atoms with E-state index in [4.69, 9.17) is 4.42 Å². The van der Waals surface area contributed by atoms with Crippen LogP contribution >= 0.6 is 11.3 Å². The van der Waals surface area contributed by atoms with Crippen molar-refractivity contribution in [3.63, 3.8) is 0 Å². The fourth-order valence-corrected chi connectivity index (χ4v) is 3.89. The van der Waals surface area contributed by atoms with Gasteiger partial charge in [-0.05, 0) is 42.0 Å². The number of carbonyl (C=O) groups excluding carboxylic acids is 1. The predicted molar refractivity (Wildman–Crippen MR) is 93.0 cm³/mol. The van der Waals surface area contributed by atoms with E-state index in [0.717, 1.165) is 23.3 Å². The summed E-state index contributed by atoms with van der Waals surface area (Å²) in [6, 6.07) is 10.0. The van der Waals surface area contributed by atoms with E-state index in [-0.39, 0.29) is 17.8 Å². The summed E-state index contributed by atoms with van der Waals surface area (Å²) in [4.78, 5) is 19.6. The van der Waals surface area contributed by atoms with E-state index in [1.165, 1.54) is 23.5 Å². The normalized spacial score (nSPS) is 17.2. The molecule has 1 amide bonds. The zero-order valence-corrected chi connectivity index (χ0v) is 14.3. The van der Waals surface area contributed by atoms with Gasteiger partial charge in [-0.15, -0.1) is 11.3 Å². The zero-order chi connectivity index (χ0) is 17.2. The van der Waals surface area contributed by atoms with Crippen molar-refractivity contribution in [3.05, 3.63) is 75.9 Å². The number of hydrogen-bond donors (Lipinski definition) is 0. The molecule has 0 bridgehead atoms. The first-order valence-corrected chi connectivity index (χ1v) is 9.12. The number of aromatic nitrogens is 1. The van der Waals surface area contributed by atoms with E-state index in [1.54, 1.807) is 12.3 Å². The van der Waals surface area contributed by atoms with Gasteiger partial charge < -0.3 is 9.32 Å². The van der Waals surface area contributed by atoms with Crippen molar-refractivity contribution in [2.24, 2.45) is 0 Å². The Morgan fingerprint density at radius 1 is 1.36 bits per heavy atom. The van der Waals surface area contributed by atoms with E-state index in [2.05, 4.69) is 4.98 Å². The fraction of sp³-hybridized carbons (Fsp3) is 0.263. The van der Waals surface area contributed by atoms with Crippen LogP contribution < -0.4 is 0 Å². The lowest BCUT2D eigenvalue weighted by Crippen LogP contribution is -2.30. The monoisotopic (exact) mass is 356 g/mol. The number of carbonyl (C=O) groups is 1. The third kappa shape index (κ3) is 3.35. The van der Waals surface area contributed by atoms with Crippen LogP contribution in [0.15, 0.2) is 52.4 Å². The average molecular weight is 356 g/mol. The molecule has 4 nitrogen and oxygen atoms in total. The van der Waals surface area contributed by atoms with Crippen molar-refractivity contribution in [2.75, 3.05) is 6.54 Å². The molecule has 1 unspecified atom stereocenters. The summed E-state index contributed by atoms with van der Waals surface area (Å²) in [5.41, 5.74) is 0.834. The summed E-state index contributed by atoms with van der Waals surface area (Å²) in [7, 11) is 0.